The number of hydrogen-bond acceptors (Lipinski definition) is 2. The Hall–Kier alpha value is -2.60. The van der Waals surface area contributed by atoms with Gasteiger partial charge in [0.2, 0.25) is 0 Å². The second kappa shape index (κ2) is 6.71. The quantitative estimate of drug-likeness (QED) is 0.601. The molecule has 2 aromatic rings. The normalized spacial score (nSPS) is 10.6. The van der Waals surface area contributed by atoms with E-state index < -0.39 is 17.6 Å². The van der Waals surface area contributed by atoms with Crippen LogP contribution in [0, 0.1) is 5.82 Å². The van der Waals surface area contributed by atoms with E-state index in [2.05, 4.69) is 15.8 Å². The second-order valence-electron chi connectivity index (χ2n) is 4.03. The summed E-state index contributed by atoms with van der Waals surface area (Å²) in [5.41, 5.74) is 5.34. The van der Waals surface area contributed by atoms with Crippen LogP contribution in [0.5, 0.6) is 0 Å². The third kappa shape index (κ3) is 4.19. The van der Waals surface area contributed by atoms with Gasteiger partial charge in [-0.15, -0.1) is 0 Å². The molecule has 7 heteroatoms. The first kappa shape index (κ1) is 14.8. The lowest BCUT2D eigenvalue weighted by Crippen LogP contribution is -2.40. The Kier molecular flexibility index (Phi) is 4.73. The highest BCUT2D eigenvalue weighted by Gasteiger charge is 2.05. The highest BCUT2D eigenvalue weighted by molar-refractivity contribution is 6.30. The zero-order chi connectivity index (χ0) is 15.2. The van der Waals surface area contributed by atoms with Gasteiger partial charge >= 0.3 is 0 Å². The Morgan fingerprint density at radius 2 is 2.05 bits per heavy atom. The smallest absolute Gasteiger partial charge is 0.286 e. The molecule has 0 aliphatic heterocycles. The fourth-order valence-electron chi connectivity index (χ4n) is 1.49. The lowest BCUT2D eigenvalue weighted by Gasteiger charge is -2.03. The Morgan fingerprint density at radius 1 is 1.24 bits per heavy atom. The van der Waals surface area contributed by atoms with Gasteiger partial charge in [-0.2, -0.15) is 0 Å². The van der Waals surface area contributed by atoms with Crippen molar-refractivity contribution in [2.45, 2.75) is 0 Å². The Bertz CT molecular complexity index is 684. The number of nitrogens with one attached hydrogen (secondary N) is 3. The average molecular weight is 308 g/mol. The molecule has 0 aliphatic carbocycles. The van der Waals surface area contributed by atoms with Crippen molar-refractivity contribution >= 4 is 29.5 Å². The van der Waals surface area contributed by atoms with E-state index in [1.54, 1.807) is 18.3 Å². The first-order valence-corrected chi connectivity index (χ1v) is 6.31. The molecule has 0 aliphatic rings. The first-order chi connectivity index (χ1) is 10.1. The van der Waals surface area contributed by atoms with Crippen LogP contribution in [-0.4, -0.2) is 16.8 Å². The molecule has 2 rings (SSSR count). The molecule has 21 heavy (non-hydrogen) atoms. The number of rotatable bonds is 3. The summed E-state index contributed by atoms with van der Waals surface area (Å²) in [4.78, 5) is 25.7. The third-order valence-corrected chi connectivity index (χ3v) is 2.80. The maximum absolute atomic E-state index is 13.0. The number of benzene rings is 1. The number of carbonyl (C=O) groups is 2. The molecule has 1 aromatic carbocycles. The third-order valence-electron chi connectivity index (χ3n) is 2.51. The van der Waals surface area contributed by atoms with Gasteiger partial charge in [-0.25, -0.2) is 4.39 Å². The van der Waals surface area contributed by atoms with Gasteiger partial charge in [0.1, 0.15) is 11.5 Å². The molecule has 3 N–H and O–H groups in total. The van der Waals surface area contributed by atoms with E-state index in [9.17, 15) is 14.0 Å². The zero-order valence-corrected chi connectivity index (χ0v) is 11.4. The Labute approximate surface area is 124 Å². The fourth-order valence-corrected chi connectivity index (χ4v) is 1.68. The molecule has 0 fully saturated rings. The summed E-state index contributed by atoms with van der Waals surface area (Å²) in [6.45, 7) is 0. The number of aromatic nitrogens is 1. The van der Waals surface area contributed by atoms with Gasteiger partial charge in [-0.1, -0.05) is 17.7 Å². The summed E-state index contributed by atoms with van der Waals surface area (Å²) in [5, 5.41) is -0.0300. The van der Waals surface area contributed by atoms with E-state index in [0.717, 1.165) is 0 Å². The summed E-state index contributed by atoms with van der Waals surface area (Å²) >= 11 is 5.62. The molecule has 1 aromatic heterocycles. The van der Waals surface area contributed by atoms with Crippen LogP contribution < -0.4 is 10.9 Å². The van der Waals surface area contributed by atoms with Crippen molar-refractivity contribution < 1.29 is 14.0 Å². The molecule has 1 heterocycles. The van der Waals surface area contributed by atoms with Crippen molar-refractivity contribution in [3.63, 3.8) is 0 Å². The molecule has 2 amide bonds. The van der Waals surface area contributed by atoms with Gasteiger partial charge in [0.05, 0.1) is 5.02 Å². The van der Waals surface area contributed by atoms with Gasteiger partial charge in [0.25, 0.3) is 11.8 Å². The SMILES string of the molecule is O=C(/C=C/c1ccc(F)c(Cl)c1)NNC(=O)c1ccc[nH]1. The summed E-state index contributed by atoms with van der Waals surface area (Å²) in [5.74, 6) is -1.53. The number of amides is 2. The van der Waals surface area contributed by atoms with E-state index in [1.807, 2.05) is 0 Å². The number of halogens is 2. The topological polar surface area (TPSA) is 74.0 Å². The number of aromatic amines is 1. The summed E-state index contributed by atoms with van der Waals surface area (Å²) in [6.07, 6.45) is 4.23. The van der Waals surface area contributed by atoms with Crippen molar-refractivity contribution in [2.24, 2.45) is 0 Å². The minimum absolute atomic E-state index is 0.0300. The van der Waals surface area contributed by atoms with Gasteiger partial charge < -0.3 is 4.98 Å². The monoisotopic (exact) mass is 307 g/mol. The van der Waals surface area contributed by atoms with E-state index in [4.69, 9.17) is 11.6 Å². The Morgan fingerprint density at radius 3 is 2.71 bits per heavy atom. The molecule has 0 atom stereocenters. The lowest BCUT2D eigenvalue weighted by molar-refractivity contribution is -0.117. The van der Waals surface area contributed by atoms with Crippen LogP contribution >= 0.6 is 11.6 Å². The predicted molar refractivity (Wildman–Crippen MR) is 76.8 cm³/mol. The van der Waals surface area contributed by atoms with E-state index in [0.29, 0.717) is 11.3 Å². The van der Waals surface area contributed by atoms with E-state index in [-0.39, 0.29) is 5.02 Å². The minimum Gasteiger partial charge on any atom is -0.357 e. The molecule has 0 radical (unpaired) electrons. The van der Waals surface area contributed by atoms with Crippen molar-refractivity contribution in [1.82, 2.24) is 15.8 Å². The predicted octanol–water partition coefficient (Wildman–Crippen LogP) is 2.28. The molecular formula is C14H11ClFN3O2. The van der Waals surface area contributed by atoms with Gasteiger partial charge in [0, 0.05) is 12.3 Å². The van der Waals surface area contributed by atoms with Gasteiger partial charge in [-0.3, -0.25) is 20.4 Å². The van der Waals surface area contributed by atoms with Crippen LogP contribution in [0.15, 0.2) is 42.6 Å². The van der Waals surface area contributed by atoms with Crippen LogP contribution in [0.1, 0.15) is 16.1 Å². The molecule has 5 nitrogen and oxygen atoms in total. The van der Waals surface area contributed by atoms with Crippen LogP contribution in [-0.2, 0) is 4.79 Å². The van der Waals surface area contributed by atoms with Crippen molar-refractivity contribution in [2.75, 3.05) is 0 Å². The van der Waals surface area contributed by atoms with E-state index in [1.165, 1.54) is 30.4 Å². The van der Waals surface area contributed by atoms with Crippen LogP contribution in [0.3, 0.4) is 0 Å². The Balaban J connectivity index is 1.88. The first-order valence-electron chi connectivity index (χ1n) is 5.93. The standard InChI is InChI=1S/C14H11ClFN3O2/c15-10-8-9(3-5-11(10)16)4-6-13(20)18-19-14(21)12-2-1-7-17-12/h1-8,17H,(H,18,20)(H,19,21)/b6-4+. The zero-order valence-electron chi connectivity index (χ0n) is 10.7. The minimum atomic E-state index is -0.532. The fraction of sp³-hybridized carbons (Fsp3) is 0. The largest absolute Gasteiger partial charge is 0.357 e. The summed E-state index contributed by atoms with van der Waals surface area (Å²) < 4.78 is 13.0. The van der Waals surface area contributed by atoms with Crippen molar-refractivity contribution in [3.8, 4) is 0 Å². The molecule has 0 saturated carbocycles. The van der Waals surface area contributed by atoms with Crippen LogP contribution in [0.4, 0.5) is 4.39 Å². The molecular weight excluding hydrogens is 297 g/mol. The molecule has 0 bridgehead atoms. The molecule has 0 saturated heterocycles. The number of hydrogen-bond donors (Lipinski definition) is 3. The van der Waals surface area contributed by atoms with Crippen LogP contribution in [0.25, 0.3) is 6.08 Å². The average Bonchev–Trinajstić information content (AvgIpc) is 3.00. The highest BCUT2D eigenvalue weighted by atomic mass is 35.5. The van der Waals surface area contributed by atoms with E-state index >= 15 is 0 Å². The molecule has 108 valence electrons. The van der Waals surface area contributed by atoms with Gasteiger partial charge in [0.15, 0.2) is 0 Å². The van der Waals surface area contributed by atoms with Crippen molar-refractivity contribution in [3.05, 3.63) is 64.7 Å². The van der Waals surface area contributed by atoms with Crippen molar-refractivity contribution in [1.29, 1.82) is 0 Å². The van der Waals surface area contributed by atoms with Crippen LogP contribution in [0.2, 0.25) is 5.02 Å². The maximum atomic E-state index is 13.0. The number of carbonyl (C=O) groups excluding carboxylic acids is 2. The molecule has 0 unspecified atom stereocenters. The maximum Gasteiger partial charge on any atom is 0.286 e. The summed E-state index contributed by atoms with van der Waals surface area (Å²) in [7, 11) is 0. The van der Waals surface area contributed by atoms with Gasteiger partial charge in [-0.05, 0) is 35.9 Å². The molecule has 0 spiro atoms. The summed E-state index contributed by atoms with van der Waals surface area (Å²) in [6, 6.07) is 7.29. The highest BCUT2D eigenvalue weighted by Crippen LogP contribution is 2.16. The number of H-pyrrole nitrogens is 1. The number of hydrazine groups is 1. The lowest BCUT2D eigenvalue weighted by atomic mass is 10.2. The second-order valence-corrected chi connectivity index (χ2v) is 4.44.